The molecule has 2 aromatic heterocycles. The van der Waals surface area contributed by atoms with Crippen molar-refractivity contribution in [1.29, 1.82) is 0 Å². The van der Waals surface area contributed by atoms with Gasteiger partial charge in [0.15, 0.2) is 5.82 Å². The molecule has 0 bridgehead atoms. The van der Waals surface area contributed by atoms with E-state index in [-0.39, 0.29) is 5.97 Å². The second kappa shape index (κ2) is 22.9. The third-order valence-corrected chi connectivity index (χ3v) is 9.86. The summed E-state index contributed by atoms with van der Waals surface area (Å²) in [7, 11) is 2.23. The fraction of sp³-hybridized carbons (Fsp3) is 0.732. The lowest BCUT2D eigenvalue weighted by Crippen LogP contribution is -2.34. The van der Waals surface area contributed by atoms with E-state index in [0.29, 0.717) is 30.8 Å². The van der Waals surface area contributed by atoms with Gasteiger partial charge in [-0.15, -0.1) is 0 Å². The minimum absolute atomic E-state index is 0.144. The van der Waals surface area contributed by atoms with E-state index in [1.807, 2.05) is 32.0 Å². The van der Waals surface area contributed by atoms with Crippen molar-refractivity contribution in [3.63, 3.8) is 0 Å². The van der Waals surface area contributed by atoms with Gasteiger partial charge in [0.2, 0.25) is 0 Å². The summed E-state index contributed by atoms with van der Waals surface area (Å²) in [6.07, 6.45) is 18.6. The van der Waals surface area contributed by atoms with Crippen LogP contribution in [0.15, 0.2) is 24.3 Å². The topological polar surface area (TPSA) is 102 Å². The molecule has 0 saturated carbocycles. The quantitative estimate of drug-likeness (QED) is 0.0575. The number of anilines is 1. The maximum absolute atomic E-state index is 13.0. The van der Waals surface area contributed by atoms with Gasteiger partial charge in [0.25, 0.3) is 0 Å². The number of carbonyl (C=O) groups excluding carboxylic acids is 1. The first-order chi connectivity index (χ1) is 24.2. The molecule has 0 spiro atoms. The van der Waals surface area contributed by atoms with Crippen LogP contribution >= 0.6 is 0 Å². The summed E-state index contributed by atoms with van der Waals surface area (Å²) in [5.41, 5.74) is 8.10. The number of esters is 1. The second-order valence-corrected chi connectivity index (χ2v) is 14.9. The summed E-state index contributed by atoms with van der Waals surface area (Å²) >= 11 is 0. The van der Waals surface area contributed by atoms with Crippen molar-refractivity contribution in [1.82, 2.24) is 29.7 Å². The van der Waals surface area contributed by atoms with Gasteiger partial charge in [-0.1, -0.05) is 103 Å². The molecule has 0 saturated heterocycles. The van der Waals surface area contributed by atoms with Gasteiger partial charge in [0.1, 0.15) is 16.9 Å². The summed E-state index contributed by atoms with van der Waals surface area (Å²) < 4.78 is 8.23. The monoisotopic (exact) mass is 694 g/mol. The van der Waals surface area contributed by atoms with Crippen LogP contribution in [0.1, 0.15) is 137 Å². The van der Waals surface area contributed by atoms with Crippen LogP contribution in [-0.4, -0.2) is 82.2 Å². The fourth-order valence-corrected chi connectivity index (χ4v) is 6.97. The molecule has 3 rings (SSSR count). The summed E-state index contributed by atoms with van der Waals surface area (Å²) in [6, 6.07) is 7.99. The Bertz CT molecular complexity index is 1390. The highest BCUT2D eigenvalue weighted by atomic mass is 16.6. The lowest BCUT2D eigenvalue weighted by Gasteiger charge is -2.27. The van der Waals surface area contributed by atoms with E-state index < -0.39 is 5.60 Å². The van der Waals surface area contributed by atoms with E-state index >= 15 is 0 Å². The third-order valence-electron chi connectivity index (χ3n) is 9.86. The SMILES string of the molecule is CCCCCCCCCCCCN(CC)CCCN(C)CCCCCC(=O)OC(C)(C)Cn1c(CNCC)nc2c(N)nc3ccccc3c21. The van der Waals surface area contributed by atoms with Crippen molar-refractivity contribution in [3.05, 3.63) is 30.1 Å². The van der Waals surface area contributed by atoms with Crippen LogP contribution in [-0.2, 0) is 22.6 Å². The molecule has 0 unspecified atom stereocenters. The Morgan fingerprint density at radius 3 is 2.16 bits per heavy atom. The number of fused-ring (bicyclic) bond motifs is 3. The standard InChI is InChI=1S/C41H71N7O2/c1-7-10-11-12-13-14-15-16-17-23-30-47(9-3)31-24-29-46(6)28-22-18-19-27-37(49)50-41(4,5)33-48-36(32-43-8-2)45-38-39(48)34-25-20-21-26-35(34)44-40(38)42/h20-21,25-26,43H,7-19,22-24,27-33H2,1-6H3,(H2,42,44). The molecule has 9 nitrogen and oxygen atoms in total. The molecule has 282 valence electrons. The maximum Gasteiger partial charge on any atom is 0.306 e. The van der Waals surface area contributed by atoms with Gasteiger partial charge in [0, 0.05) is 11.8 Å². The summed E-state index contributed by atoms with van der Waals surface area (Å²) in [4.78, 5) is 27.5. The molecule has 0 aliphatic heterocycles. The van der Waals surface area contributed by atoms with Gasteiger partial charge in [0.05, 0.1) is 24.1 Å². The normalized spacial score (nSPS) is 12.2. The van der Waals surface area contributed by atoms with Crippen LogP contribution in [0.25, 0.3) is 21.9 Å². The molecule has 2 heterocycles. The number of rotatable bonds is 28. The number of benzene rings is 1. The van der Waals surface area contributed by atoms with E-state index in [4.69, 9.17) is 15.5 Å². The van der Waals surface area contributed by atoms with Crippen molar-refractivity contribution >= 4 is 33.7 Å². The minimum atomic E-state index is -0.717. The predicted octanol–water partition coefficient (Wildman–Crippen LogP) is 8.72. The van der Waals surface area contributed by atoms with Crippen molar-refractivity contribution in [2.75, 3.05) is 52.0 Å². The van der Waals surface area contributed by atoms with Gasteiger partial charge in [-0.05, 0) is 91.9 Å². The Hall–Kier alpha value is -2.75. The summed E-state index contributed by atoms with van der Waals surface area (Å²) in [5, 5.41) is 4.38. The van der Waals surface area contributed by atoms with Gasteiger partial charge < -0.3 is 30.2 Å². The highest BCUT2D eigenvalue weighted by molar-refractivity contribution is 6.06. The Labute approximate surface area is 304 Å². The number of nitrogens with two attached hydrogens (primary N) is 1. The zero-order valence-electron chi connectivity index (χ0n) is 32.7. The number of carbonyl (C=O) groups is 1. The Morgan fingerprint density at radius 2 is 1.46 bits per heavy atom. The Morgan fingerprint density at radius 1 is 0.840 bits per heavy atom. The molecule has 0 atom stereocenters. The molecule has 0 fully saturated rings. The minimum Gasteiger partial charge on any atom is -0.458 e. The average Bonchev–Trinajstić information content (AvgIpc) is 3.44. The molecule has 3 N–H and O–H groups in total. The number of unbranched alkanes of at least 4 members (excludes halogenated alkanes) is 11. The first-order valence-electron chi connectivity index (χ1n) is 20.1. The van der Waals surface area contributed by atoms with Crippen LogP contribution in [0.5, 0.6) is 0 Å². The molecule has 3 aromatic rings. The van der Waals surface area contributed by atoms with Gasteiger partial charge in [-0.2, -0.15) is 0 Å². The van der Waals surface area contributed by atoms with E-state index in [0.717, 1.165) is 67.7 Å². The zero-order chi connectivity index (χ0) is 36.2. The number of nitrogen functional groups attached to an aromatic ring is 1. The summed E-state index contributed by atoms with van der Waals surface area (Å²) in [5.74, 6) is 1.13. The number of aromatic nitrogens is 3. The van der Waals surface area contributed by atoms with Crippen LogP contribution < -0.4 is 11.1 Å². The van der Waals surface area contributed by atoms with Crippen molar-refractivity contribution in [3.8, 4) is 0 Å². The number of pyridine rings is 1. The Balaban J connectivity index is 1.33. The molecule has 0 radical (unpaired) electrons. The van der Waals surface area contributed by atoms with Crippen molar-refractivity contribution < 1.29 is 9.53 Å². The van der Waals surface area contributed by atoms with Crippen LogP contribution in [0, 0.1) is 0 Å². The smallest absolute Gasteiger partial charge is 0.306 e. The molecular weight excluding hydrogens is 622 g/mol. The number of hydrogen-bond donors (Lipinski definition) is 2. The fourth-order valence-electron chi connectivity index (χ4n) is 6.97. The van der Waals surface area contributed by atoms with E-state index in [1.165, 1.54) is 83.7 Å². The van der Waals surface area contributed by atoms with Gasteiger partial charge in [-0.25, -0.2) is 9.97 Å². The number of para-hydroxylation sites is 1. The molecule has 1 aromatic carbocycles. The molecule has 0 aliphatic carbocycles. The van der Waals surface area contributed by atoms with Crippen LogP contribution in [0.2, 0.25) is 0 Å². The van der Waals surface area contributed by atoms with E-state index in [2.05, 4.69) is 58.6 Å². The first kappa shape index (κ1) is 41.7. The predicted molar refractivity (Wildman–Crippen MR) is 212 cm³/mol. The molecule has 0 amide bonds. The molecule has 0 aliphatic rings. The lowest BCUT2D eigenvalue weighted by atomic mass is 10.1. The van der Waals surface area contributed by atoms with Gasteiger partial charge >= 0.3 is 5.97 Å². The number of nitrogens with one attached hydrogen (secondary N) is 1. The number of hydrogen-bond acceptors (Lipinski definition) is 8. The maximum atomic E-state index is 13.0. The van der Waals surface area contributed by atoms with Crippen molar-refractivity contribution in [2.45, 2.75) is 150 Å². The average molecular weight is 694 g/mol. The lowest BCUT2D eigenvalue weighted by molar-refractivity contribution is -0.157. The summed E-state index contributed by atoms with van der Waals surface area (Å²) in [6.45, 7) is 18.3. The van der Waals surface area contributed by atoms with Crippen LogP contribution in [0.4, 0.5) is 5.82 Å². The first-order valence-corrected chi connectivity index (χ1v) is 20.1. The number of imidazole rings is 1. The highest BCUT2D eigenvalue weighted by Crippen LogP contribution is 2.30. The second-order valence-electron chi connectivity index (χ2n) is 14.9. The van der Waals surface area contributed by atoms with Crippen LogP contribution in [0.3, 0.4) is 0 Å². The largest absolute Gasteiger partial charge is 0.458 e. The molecular formula is C41H71N7O2. The molecule has 9 heteroatoms. The van der Waals surface area contributed by atoms with Gasteiger partial charge in [-0.3, -0.25) is 4.79 Å². The zero-order valence-corrected chi connectivity index (χ0v) is 32.7. The van der Waals surface area contributed by atoms with E-state index in [1.54, 1.807) is 0 Å². The third kappa shape index (κ3) is 14.5. The number of nitrogens with zero attached hydrogens (tertiary/aromatic N) is 5. The van der Waals surface area contributed by atoms with E-state index in [9.17, 15) is 4.79 Å². The number of ether oxygens (including phenoxy) is 1. The highest BCUT2D eigenvalue weighted by Gasteiger charge is 2.27. The molecule has 50 heavy (non-hydrogen) atoms. The van der Waals surface area contributed by atoms with Crippen molar-refractivity contribution in [2.24, 2.45) is 0 Å². The Kier molecular flexibility index (Phi) is 19.1.